The van der Waals surface area contributed by atoms with Crippen molar-refractivity contribution >= 4 is 17.7 Å². The largest absolute Gasteiger partial charge is 0.460 e. The zero-order chi connectivity index (χ0) is 17.6. The van der Waals surface area contributed by atoms with Crippen LogP contribution in [0.15, 0.2) is 12.2 Å². The van der Waals surface area contributed by atoms with Gasteiger partial charge in [0.15, 0.2) is 5.78 Å². The van der Waals surface area contributed by atoms with E-state index >= 15 is 0 Å². The third-order valence-electron chi connectivity index (χ3n) is 3.46. The molecule has 0 N–H and O–H groups in total. The second-order valence-corrected chi connectivity index (χ2v) is 7.90. The minimum atomic E-state index is -0.989. The van der Waals surface area contributed by atoms with Crippen molar-refractivity contribution in [2.75, 3.05) is 0 Å². The van der Waals surface area contributed by atoms with Crippen molar-refractivity contribution < 1.29 is 28.6 Å². The smallest absolute Gasteiger partial charge is 0.313 e. The molecule has 6 heteroatoms. The van der Waals surface area contributed by atoms with Crippen LogP contribution in [0.5, 0.6) is 0 Å². The molecule has 1 saturated heterocycles. The lowest BCUT2D eigenvalue weighted by Gasteiger charge is -2.27. The van der Waals surface area contributed by atoms with Gasteiger partial charge in [-0.1, -0.05) is 6.08 Å². The molecule has 2 rings (SSSR count). The van der Waals surface area contributed by atoms with Gasteiger partial charge in [0.25, 0.3) is 0 Å². The number of ether oxygens (including phenoxy) is 3. The molecular formula is C17H24O6. The summed E-state index contributed by atoms with van der Waals surface area (Å²) < 4.78 is 16.4. The number of carbonyl (C=O) groups excluding carboxylic acids is 3. The fourth-order valence-electron chi connectivity index (χ4n) is 2.72. The fourth-order valence-corrected chi connectivity index (χ4v) is 2.72. The van der Waals surface area contributed by atoms with E-state index in [4.69, 9.17) is 14.2 Å². The minimum Gasteiger partial charge on any atom is -0.460 e. The Morgan fingerprint density at radius 1 is 0.957 bits per heavy atom. The second-order valence-electron chi connectivity index (χ2n) is 7.90. The molecule has 2 aliphatic heterocycles. The molecule has 0 aromatic rings. The quantitative estimate of drug-likeness (QED) is 0.721. The molecule has 0 aliphatic carbocycles. The molecular weight excluding hydrogens is 300 g/mol. The second kappa shape index (κ2) is 5.74. The lowest BCUT2D eigenvalue weighted by Crippen LogP contribution is -2.42. The first-order valence-electron chi connectivity index (χ1n) is 7.72. The number of rotatable bonds is 2. The van der Waals surface area contributed by atoms with Crippen LogP contribution in [0.1, 0.15) is 41.5 Å². The molecule has 2 aliphatic rings. The molecule has 128 valence electrons. The van der Waals surface area contributed by atoms with Crippen molar-refractivity contribution in [2.45, 2.75) is 65.0 Å². The van der Waals surface area contributed by atoms with Crippen LogP contribution >= 0.6 is 0 Å². The highest BCUT2D eigenvalue weighted by atomic mass is 16.6. The van der Waals surface area contributed by atoms with Crippen LogP contribution in [-0.2, 0) is 28.6 Å². The third-order valence-corrected chi connectivity index (χ3v) is 3.46. The van der Waals surface area contributed by atoms with E-state index in [2.05, 4.69) is 0 Å². The van der Waals surface area contributed by atoms with Crippen LogP contribution in [0.2, 0.25) is 0 Å². The third kappa shape index (κ3) is 3.99. The van der Waals surface area contributed by atoms with Crippen LogP contribution in [-0.4, -0.2) is 41.1 Å². The van der Waals surface area contributed by atoms with E-state index in [9.17, 15) is 14.4 Å². The average Bonchev–Trinajstić information content (AvgIpc) is 2.65. The molecule has 1 fully saturated rings. The SMILES string of the molecule is CC(C)(C)OC(=O)[C@H]1[C@H](C(=O)OC(C)(C)C)[C@@H]2O[C@H]1C=CC2=O. The monoisotopic (exact) mass is 324 g/mol. The first-order chi connectivity index (χ1) is 10.4. The van der Waals surface area contributed by atoms with Gasteiger partial charge in [-0.15, -0.1) is 0 Å². The highest BCUT2D eigenvalue weighted by Crippen LogP contribution is 2.40. The summed E-state index contributed by atoms with van der Waals surface area (Å²) in [7, 11) is 0. The van der Waals surface area contributed by atoms with Gasteiger partial charge in [0, 0.05) is 0 Å². The van der Waals surface area contributed by atoms with Gasteiger partial charge in [-0.25, -0.2) is 0 Å². The lowest BCUT2D eigenvalue weighted by atomic mass is 9.87. The summed E-state index contributed by atoms with van der Waals surface area (Å²) in [5.41, 5.74) is -1.41. The molecule has 4 atom stereocenters. The van der Waals surface area contributed by atoms with Crippen molar-refractivity contribution in [3.63, 3.8) is 0 Å². The number of hydrogen-bond acceptors (Lipinski definition) is 6. The molecule has 0 aromatic heterocycles. The van der Waals surface area contributed by atoms with Gasteiger partial charge in [-0.2, -0.15) is 0 Å². The summed E-state index contributed by atoms with van der Waals surface area (Å²) >= 11 is 0. The number of fused-ring (bicyclic) bond motifs is 2. The van der Waals surface area contributed by atoms with E-state index < -0.39 is 47.2 Å². The molecule has 0 radical (unpaired) electrons. The molecule has 23 heavy (non-hydrogen) atoms. The highest BCUT2D eigenvalue weighted by Gasteiger charge is 2.57. The topological polar surface area (TPSA) is 78.9 Å². The van der Waals surface area contributed by atoms with Crippen molar-refractivity contribution in [1.82, 2.24) is 0 Å². The Bertz CT molecular complexity index is 548. The molecule has 0 spiro atoms. The molecule has 2 bridgehead atoms. The Labute approximate surface area is 136 Å². The van der Waals surface area contributed by atoms with Crippen LogP contribution < -0.4 is 0 Å². The molecule has 0 aromatic carbocycles. The average molecular weight is 324 g/mol. The van der Waals surface area contributed by atoms with Crippen molar-refractivity contribution in [3.05, 3.63) is 12.2 Å². The van der Waals surface area contributed by atoms with Crippen molar-refractivity contribution in [3.8, 4) is 0 Å². The molecule has 0 unspecified atom stereocenters. The van der Waals surface area contributed by atoms with E-state index in [1.165, 1.54) is 12.2 Å². The normalized spacial score (nSPS) is 30.3. The van der Waals surface area contributed by atoms with E-state index in [-0.39, 0.29) is 5.78 Å². The summed E-state index contributed by atoms with van der Waals surface area (Å²) in [6.07, 6.45) is 1.24. The van der Waals surface area contributed by atoms with E-state index in [1.807, 2.05) is 0 Å². The minimum absolute atomic E-state index is 0.330. The maximum atomic E-state index is 12.5. The molecule has 0 saturated carbocycles. The van der Waals surface area contributed by atoms with Gasteiger partial charge in [-0.05, 0) is 47.6 Å². The Kier molecular flexibility index (Phi) is 4.41. The Balaban J connectivity index is 2.30. The molecule has 0 amide bonds. The first kappa shape index (κ1) is 17.7. The Morgan fingerprint density at radius 3 is 1.91 bits per heavy atom. The maximum Gasteiger partial charge on any atom is 0.313 e. The summed E-state index contributed by atoms with van der Waals surface area (Å²) in [5.74, 6) is -3.37. The number of carbonyl (C=O) groups is 3. The predicted molar refractivity (Wildman–Crippen MR) is 81.5 cm³/mol. The van der Waals surface area contributed by atoms with Gasteiger partial charge in [0.2, 0.25) is 0 Å². The van der Waals surface area contributed by atoms with Crippen LogP contribution in [0.4, 0.5) is 0 Å². The van der Waals surface area contributed by atoms with Gasteiger partial charge in [-0.3, -0.25) is 14.4 Å². The van der Waals surface area contributed by atoms with Gasteiger partial charge >= 0.3 is 11.9 Å². The van der Waals surface area contributed by atoms with Gasteiger partial charge in [0.1, 0.15) is 29.1 Å². The maximum absolute atomic E-state index is 12.5. The van der Waals surface area contributed by atoms with Gasteiger partial charge < -0.3 is 14.2 Å². The zero-order valence-corrected chi connectivity index (χ0v) is 14.4. The molecule has 6 nitrogen and oxygen atoms in total. The highest BCUT2D eigenvalue weighted by molar-refractivity contribution is 6.00. The number of ketones is 1. The van der Waals surface area contributed by atoms with Crippen molar-refractivity contribution in [2.24, 2.45) is 11.8 Å². The molecule has 2 heterocycles. The van der Waals surface area contributed by atoms with Crippen LogP contribution in [0.25, 0.3) is 0 Å². The van der Waals surface area contributed by atoms with E-state index in [0.29, 0.717) is 0 Å². The zero-order valence-electron chi connectivity index (χ0n) is 14.4. The van der Waals surface area contributed by atoms with Gasteiger partial charge in [0.05, 0.1) is 6.10 Å². The van der Waals surface area contributed by atoms with E-state index in [1.54, 1.807) is 41.5 Å². The standard InChI is InChI=1S/C17H24O6/c1-16(2,3)22-14(19)11-10-8-7-9(18)13(21-10)12(11)15(20)23-17(4,5)6/h7-8,10-13H,1-6H3/t10-,11+,12-,13+/m0/s1. The van der Waals surface area contributed by atoms with Crippen LogP contribution in [0, 0.1) is 11.8 Å². The van der Waals surface area contributed by atoms with Crippen LogP contribution in [0.3, 0.4) is 0 Å². The lowest BCUT2D eigenvalue weighted by molar-refractivity contribution is -0.172. The number of hydrogen-bond donors (Lipinski definition) is 0. The first-order valence-corrected chi connectivity index (χ1v) is 7.72. The Hall–Kier alpha value is -1.69. The fraction of sp³-hybridized carbons (Fsp3) is 0.706. The number of esters is 2. The van der Waals surface area contributed by atoms with Crippen molar-refractivity contribution in [1.29, 1.82) is 0 Å². The predicted octanol–water partition coefficient (Wildman–Crippen LogP) is 1.81. The summed E-state index contributed by atoms with van der Waals surface area (Å²) in [6.45, 7) is 10.4. The summed E-state index contributed by atoms with van der Waals surface area (Å²) in [6, 6.07) is 0. The summed E-state index contributed by atoms with van der Waals surface area (Å²) in [4.78, 5) is 37.1. The Morgan fingerprint density at radius 2 is 1.43 bits per heavy atom. The van der Waals surface area contributed by atoms with E-state index in [0.717, 1.165) is 0 Å². The summed E-state index contributed by atoms with van der Waals surface area (Å²) in [5, 5.41) is 0.